The lowest BCUT2D eigenvalue weighted by Crippen LogP contribution is -2.34. The van der Waals surface area contributed by atoms with E-state index < -0.39 is 0 Å². The fourth-order valence-corrected chi connectivity index (χ4v) is 3.74. The number of fused-ring (bicyclic) bond motifs is 1. The van der Waals surface area contributed by atoms with E-state index in [0.29, 0.717) is 5.03 Å². The molecule has 1 aliphatic rings. The third kappa shape index (κ3) is 4.47. The maximum Gasteiger partial charge on any atom is 0.0363 e. The van der Waals surface area contributed by atoms with Gasteiger partial charge in [0.2, 0.25) is 0 Å². The zero-order chi connectivity index (χ0) is 19.0. The Labute approximate surface area is 159 Å². The van der Waals surface area contributed by atoms with E-state index in [2.05, 4.69) is 72.4 Å². The molecule has 0 aliphatic heterocycles. The third-order valence-electron chi connectivity index (χ3n) is 5.82. The summed E-state index contributed by atoms with van der Waals surface area (Å²) in [5, 5.41) is 0.609. The van der Waals surface area contributed by atoms with Gasteiger partial charge in [-0.15, -0.1) is 0 Å². The Balaban J connectivity index is 2.40. The number of rotatable bonds is 4. The van der Waals surface area contributed by atoms with Gasteiger partial charge in [-0.2, -0.15) is 0 Å². The van der Waals surface area contributed by atoms with Crippen LogP contribution in [0.2, 0.25) is 0 Å². The first-order valence-electron chi connectivity index (χ1n) is 9.27. The number of aryl methyl sites for hydroxylation is 1. The standard InChI is InChI=1S/C24H33Cl/c1-16(9-10-17(2)19(4)25)13-20-15-22-21(14-18(20)3)23(5,6)11-12-24(22,7)8/h9-10,14-15H,4,11-13H2,1-3,5-8H3/b16-9+,17-10+. The molecule has 25 heavy (non-hydrogen) atoms. The highest BCUT2D eigenvalue weighted by atomic mass is 35.5. The lowest BCUT2D eigenvalue weighted by atomic mass is 9.62. The van der Waals surface area contributed by atoms with E-state index in [1.54, 1.807) is 5.56 Å². The van der Waals surface area contributed by atoms with Crippen molar-refractivity contribution in [3.63, 3.8) is 0 Å². The van der Waals surface area contributed by atoms with Gasteiger partial charge < -0.3 is 0 Å². The summed E-state index contributed by atoms with van der Waals surface area (Å²) in [4.78, 5) is 0. The summed E-state index contributed by atoms with van der Waals surface area (Å²) in [7, 11) is 0. The predicted molar refractivity (Wildman–Crippen MR) is 113 cm³/mol. The van der Waals surface area contributed by atoms with E-state index in [1.807, 2.05) is 6.92 Å². The van der Waals surface area contributed by atoms with Crippen molar-refractivity contribution in [3.05, 3.63) is 69.3 Å². The quantitative estimate of drug-likeness (QED) is 0.489. The zero-order valence-corrected chi connectivity index (χ0v) is 17.8. The van der Waals surface area contributed by atoms with Crippen LogP contribution in [0.3, 0.4) is 0 Å². The zero-order valence-electron chi connectivity index (χ0n) is 17.0. The molecule has 0 unspecified atom stereocenters. The van der Waals surface area contributed by atoms with Gasteiger partial charge in [0, 0.05) is 5.03 Å². The van der Waals surface area contributed by atoms with Gasteiger partial charge in [-0.25, -0.2) is 0 Å². The van der Waals surface area contributed by atoms with Crippen LogP contribution in [-0.2, 0) is 17.3 Å². The molecule has 0 saturated heterocycles. The monoisotopic (exact) mass is 356 g/mol. The molecule has 1 aliphatic carbocycles. The second-order valence-corrected chi connectivity index (χ2v) is 9.49. The van der Waals surface area contributed by atoms with Crippen molar-refractivity contribution in [1.29, 1.82) is 0 Å². The molecule has 0 radical (unpaired) electrons. The van der Waals surface area contributed by atoms with Crippen LogP contribution in [0, 0.1) is 6.92 Å². The van der Waals surface area contributed by atoms with E-state index >= 15 is 0 Å². The Kier molecular flexibility index (Phi) is 5.74. The number of hydrogen-bond donors (Lipinski definition) is 0. The summed E-state index contributed by atoms with van der Waals surface area (Å²) >= 11 is 5.94. The Hall–Kier alpha value is -1.27. The normalized spacial score (nSPS) is 19.5. The van der Waals surface area contributed by atoms with Crippen molar-refractivity contribution in [2.24, 2.45) is 0 Å². The molecule has 0 amide bonds. The van der Waals surface area contributed by atoms with Crippen molar-refractivity contribution in [3.8, 4) is 0 Å². The van der Waals surface area contributed by atoms with Crippen molar-refractivity contribution < 1.29 is 0 Å². The van der Waals surface area contributed by atoms with Crippen LogP contribution < -0.4 is 0 Å². The van der Waals surface area contributed by atoms with Gasteiger partial charge in [0.1, 0.15) is 0 Å². The smallest absolute Gasteiger partial charge is 0.0363 e. The molecule has 0 spiro atoms. The molecule has 0 nitrogen and oxygen atoms in total. The topological polar surface area (TPSA) is 0 Å². The van der Waals surface area contributed by atoms with Gasteiger partial charge in [-0.05, 0) is 78.7 Å². The summed E-state index contributed by atoms with van der Waals surface area (Å²) < 4.78 is 0. The molecule has 136 valence electrons. The van der Waals surface area contributed by atoms with E-state index in [9.17, 15) is 0 Å². The molecule has 0 heterocycles. The van der Waals surface area contributed by atoms with Crippen LogP contribution in [0.5, 0.6) is 0 Å². The molecule has 0 atom stereocenters. The van der Waals surface area contributed by atoms with Crippen LogP contribution in [0.4, 0.5) is 0 Å². The lowest BCUT2D eigenvalue weighted by molar-refractivity contribution is 0.331. The highest BCUT2D eigenvalue weighted by Crippen LogP contribution is 2.46. The Morgan fingerprint density at radius 2 is 1.56 bits per heavy atom. The maximum absolute atomic E-state index is 5.94. The summed E-state index contributed by atoms with van der Waals surface area (Å²) in [6.45, 7) is 19.8. The minimum Gasteiger partial charge on any atom is -0.0847 e. The molecule has 1 heteroatoms. The summed E-state index contributed by atoms with van der Waals surface area (Å²) in [5.74, 6) is 0. The number of benzene rings is 1. The fourth-order valence-electron chi connectivity index (χ4n) is 3.67. The minimum atomic E-state index is 0.262. The predicted octanol–water partition coefficient (Wildman–Crippen LogP) is 7.53. The van der Waals surface area contributed by atoms with E-state index in [0.717, 1.165) is 12.0 Å². The maximum atomic E-state index is 5.94. The number of allylic oxidation sites excluding steroid dienone is 5. The third-order valence-corrected chi connectivity index (χ3v) is 6.12. The van der Waals surface area contributed by atoms with Crippen LogP contribution >= 0.6 is 11.6 Å². The van der Waals surface area contributed by atoms with Crippen molar-refractivity contribution in [1.82, 2.24) is 0 Å². The summed E-state index contributed by atoms with van der Waals surface area (Å²) in [6.07, 6.45) is 7.72. The number of hydrogen-bond acceptors (Lipinski definition) is 0. The number of halogens is 1. The van der Waals surface area contributed by atoms with Crippen molar-refractivity contribution in [2.45, 2.75) is 78.6 Å². The highest BCUT2D eigenvalue weighted by Gasteiger charge is 2.37. The molecule has 0 fully saturated rings. The fraction of sp³-hybridized carbons (Fsp3) is 0.500. The van der Waals surface area contributed by atoms with Gasteiger partial charge in [0.25, 0.3) is 0 Å². The van der Waals surface area contributed by atoms with Gasteiger partial charge >= 0.3 is 0 Å². The molecule has 1 aromatic carbocycles. The summed E-state index contributed by atoms with van der Waals surface area (Å²) in [6, 6.07) is 4.92. The van der Waals surface area contributed by atoms with Crippen LogP contribution in [0.25, 0.3) is 0 Å². The van der Waals surface area contributed by atoms with Crippen molar-refractivity contribution in [2.75, 3.05) is 0 Å². The Morgan fingerprint density at radius 3 is 2.08 bits per heavy atom. The van der Waals surface area contributed by atoms with Crippen LogP contribution in [0.15, 0.2) is 47.0 Å². The Morgan fingerprint density at radius 1 is 1.04 bits per heavy atom. The van der Waals surface area contributed by atoms with E-state index in [4.69, 9.17) is 11.6 Å². The molecular weight excluding hydrogens is 324 g/mol. The van der Waals surface area contributed by atoms with Gasteiger partial charge in [0.05, 0.1) is 0 Å². The first-order chi connectivity index (χ1) is 11.4. The van der Waals surface area contributed by atoms with Crippen LogP contribution in [0.1, 0.15) is 76.6 Å². The second kappa shape index (κ2) is 7.16. The minimum absolute atomic E-state index is 0.262. The largest absolute Gasteiger partial charge is 0.0847 e. The molecule has 0 N–H and O–H groups in total. The average molecular weight is 357 g/mol. The van der Waals surface area contributed by atoms with E-state index in [1.165, 1.54) is 35.1 Å². The molecule has 0 saturated carbocycles. The molecule has 0 bridgehead atoms. The molecule has 0 aromatic heterocycles. The van der Waals surface area contributed by atoms with Crippen LogP contribution in [-0.4, -0.2) is 0 Å². The van der Waals surface area contributed by atoms with E-state index in [-0.39, 0.29) is 10.8 Å². The summed E-state index contributed by atoms with van der Waals surface area (Å²) in [5.41, 5.74) is 8.82. The Bertz CT molecular complexity index is 742. The second-order valence-electron chi connectivity index (χ2n) is 9.04. The highest BCUT2D eigenvalue weighted by molar-refractivity contribution is 6.31. The average Bonchev–Trinajstić information content (AvgIpc) is 2.51. The SMILES string of the molecule is C=C(Cl)/C(C)=C/C=C(\C)Cc1cc2c(cc1C)C(C)(C)CCC2(C)C. The van der Waals surface area contributed by atoms with Crippen molar-refractivity contribution >= 4 is 11.6 Å². The molecule has 2 rings (SSSR count). The van der Waals surface area contributed by atoms with Gasteiger partial charge in [-0.3, -0.25) is 0 Å². The van der Waals surface area contributed by atoms with Gasteiger partial charge in [-0.1, -0.05) is 75.7 Å². The first kappa shape index (κ1) is 20.0. The van der Waals surface area contributed by atoms with Gasteiger partial charge in [0.15, 0.2) is 0 Å². The first-order valence-corrected chi connectivity index (χ1v) is 9.65. The lowest BCUT2D eigenvalue weighted by Gasteiger charge is -2.42. The molecular formula is C24H33Cl. The molecule has 1 aromatic rings.